The van der Waals surface area contributed by atoms with Crippen LogP contribution in [0.2, 0.25) is 0 Å². The molecular weight excluding hydrogens is 320 g/mol. The first kappa shape index (κ1) is 21.0. The van der Waals surface area contributed by atoms with Gasteiger partial charge < -0.3 is 20.5 Å². The summed E-state index contributed by atoms with van der Waals surface area (Å²) in [4.78, 5) is 24.9. The highest BCUT2D eigenvalue weighted by Crippen LogP contribution is 2.27. The fraction of sp³-hybridized carbons (Fsp3) is 0.579. The Bertz CT molecular complexity index is 598. The summed E-state index contributed by atoms with van der Waals surface area (Å²) in [7, 11) is 0. The standard InChI is InChI=1S/C19H30N2O4/c1-17(2,3)24-15(22)19(7,20)14(13-11-9-8-10-12-13)21-16(23)25-18(4,5)6/h8-12,14H,20H2,1-7H3,(H,21,23)/t14-,19-/m1/s1. The first-order valence-electron chi connectivity index (χ1n) is 8.29. The zero-order valence-corrected chi connectivity index (χ0v) is 16.2. The minimum Gasteiger partial charge on any atom is -0.459 e. The highest BCUT2D eigenvalue weighted by molar-refractivity contribution is 5.83. The molecule has 0 fully saturated rings. The summed E-state index contributed by atoms with van der Waals surface area (Å²) in [6, 6.07) is 8.23. The fourth-order valence-electron chi connectivity index (χ4n) is 2.16. The predicted molar refractivity (Wildman–Crippen MR) is 97.0 cm³/mol. The molecule has 0 saturated heterocycles. The lowest BCUT2D eigenvalue weighted by molar-refractivity contribution is -0.162. The normalized spacial score (nSPS) is 15.7. The van der Waals surface area contributed by atoms with Crippen molar-refractivity contribution in [3.8, 4) is 0 Å². The third-order valence-corrected chi connectivity index (χ3v) is 3.23. The second-order valence-electron chi connectivity index (χ2n) is 8.27. The van der Waals surface area contributed by atoms with E-state index in [9.17, 15) is 9.59 Å². The number of benzene rings is 1. The molecular formula is C19H30N2O4. The second kappa shape index (κ2) is 7.44. The molecule has 1 amide bonds. The molecule has 1 aromatic rings. The molecule has 2 atom stereocenters. The summed E-state index contributed by atoms with van der Waals surface area (Å²) in [6.45, 7) is 12.1. The Morgan fingerprint density at radius 3 is 1.84 bits per heavy atom. The van der Waals surface area contributed by atoms with Gasteiger partial charge in [-0.1, -0.05) is 30.3 Å². The predicted octanol–water partition coefficient (Wildman–Crippen LogP) is 3.31. The van der Waals surface area contributed by atoms with Crippen LogP contribution in [0.3, 0.4) is 0 Å². The maximum Gasteiger partial charge on any atom is 0.408 e. The summed E-state index contributed by atoms with van der Waals surface area (Å²) in [6.07, 6.45) is -0.651. The van der Waals surface area contributed by atoms with Crippen molar-refractivity contribution in [2.75, 3.05) is 0 Å². The zero-order chi connectivity index (χ0) is 19.5. The molecule has 140 valence electrons. The van der Waals surface area contributed by atoms with Crippen molar-refractivity contribution in [3.05, 3.63) is 35.9 Å². The minimum absolute atomic E-state index is 0.607. The van der Waals surface area contributed by atoms with Gasteiger partial charge in [0.1, 0.15) is 16.7 Å². The van der Waals surface area contributed by atoms with Gasteiger partial charge in [-0.15, -0.1) is 0 Å². The number of carbonyl (C=O) groups excluding carboxylic acids is 2. The van der Waals surface area contributed by atoms with Crippen LogP contribution in [0.5, 0.6) is 0 Å². The Balaban J connectivity index is 3.14. The molecule has 1 rings (SSSR count). The molecule has 3 N–H and O–H groups in total. The lowest BCUT2D eigenvalue weighted by Gasteiger charge is -2.35. The van der Waals surface area contributed by atoms with Gasteiger partial charge in [0.05, 0.1) is 6.04 Å². The summed E-state index contributed by atoms with van der Waals surface area (Å²) in [5, 5.41) is 2.71. The Hall–Kier alpha value is -2.08. The van der Waals surface area contributed by atoms with Gasteiger partial charge >= 0.3 is 12.1 Å². The molecule has 0 saturated carbocycles. The number of amides is 1. The third kappa shape index (κ3) is 6.74. The van der Waals surface area contributed by atoms with Crippen LogP contribution in [0.15, 0.2) is 30.3 Å². The van der Waals surface area contributed by atoms with E-state index < -0.39 is 34.8 Å². The van der Waals surface area contributed by atoms with Gasteiger partial charge in [-0.2, -0.15) is 0 Å². The summed E-state index contributed by atoms with van der Waals surface area (Å²) in [5.74, 6) is -0.607. The highest BCUT2D eigenvalue weighted by atomic mass is 16.6. The van der Waals surface area contributed by atoms with E-state index in [1.807, 2.05) is 18.2 Å². The summed E-state index contributed by atoms with van der Waals surface area (Å²) in [5.41, 5.74) is 4.16. The van der Waals surface area contributed by atoms with Crippen LogP contribution in [-0.4, -0.2) is 28.8 Å². The zero-order valence-electron chi connectivity index (χ0n) is 16.2. The molecule has 0 bridgehead atoms. The van der Waals surface area contributed by atoms with Crippen LogP contribution in [0.1, 0.15) is 60.1 Å². The first-order valence-corrected chi connectivity index (χ1v) is 8.29. The molecule has 0 spiro atoms. The van der Waals surface area contributed by atoms with E-state index in [1.54, 1.807) is 53.7 Å². The summed E-state index contributed by atoms with van der Waals surface area (Å²) < 4.78 is 10.7. The lowest BCUT2D eigenvalue weighted by atomic mass is 9.87. The molecule has 25 heavy (non-hydrogen) atoms. The SMILES string of the molecule is CC(C)(C)OC(=O)N[C@H](c1ccccc1)[C@@](C)(N)C(=O)OC(C)(C)C. The first-order chi connectivity index (χ1) is 11.2. The molecule has 0 radical (unpaired) electrons. The molecule has 6 nitrogen and oxygen atoms in total. The van der Waals surface area contributed by atoms with E-state index in [4.69, 9.17) is 15.2 Å². The topological polar surface area (TPSA) is 90.6 Å². The van der Waals surface area contributed by atoms with Crippen LogP contribution < -0.4 is 11.1 Å². The third-order valence-electron chi connectivity index (χ3n) is 3.23. The van der Waals surface area contributed by atoms with Crippen molar-refractivity contribution in [2.45, 2.75) is 71.2 Å². The van der Waals surface area contributed by atoms with Crippen molar-refractivity contribution in [3.63, 3.8) is 0 Å². The van der Waals surface area contributed by atoms with Crippen molar-refractivity contribution in [1.29, 1.82) is 0 Å². The number of rotatable bonds is 4. The number of ether oxygens (including phenoxy) is 2. The smallest absolute Gasteiger partial charge is 0.408 e. The number of nitrogens with two attached hydrogens (primary N) is 1. The van der Waals surface area contributed by atoms with Crippen LogP contribution in [-0.2, 0) is 14.3 Å². The van der Waals surface area contributed by atoms with Crippen LogP contribution >= 0.6 is 0 Å². The van der Waals surface area contributed by atoms with Gasteiger partial charge in [0.2, 0.25) is 0 Å². The van der Waals surface area contributed by atoms with Gasteiger partial charge in [-0.05, 0) is 54.0 Å². The summed E-state index contributed by atoms with van der Waals surface area (Å²) >= 11 is 0. The van der Waals surface area contributed by atoms with Crippen LogP contribution in [0.25, 0.3) is 0 Å². The molecule has 0 heterocycles. The van der Waals surface area contributed by atoms with Crippen molar-refractivity contribution >= 4 is 12.1 Å². The molecule has 1 aromatic carbocycles. The van der Waals surface area contributed by atoms with Crippen molar-refractivity contribution < 1.29 is 19.1 Å². The van der Waals surface area contributed by atoms with Crippen molar-refractivity contribution in [1.82, 2.24) is 5.32 Å². The molecule has 0 aliphatic heterocycles. The highest BCUT2D eigenvalue weighted by Gasteiger charge is 2.43. The van der Waals surface area contributed by atoms with E-state index in [0.29, 0.717) is 5.56 Å². The van der Waals surface area contributed by atoms with Gasteiger partial charge in [0.15, 0.2) is 0 Å². The Kier molecular flexibility index (Phi) is 6.23. The van der Waals surface area contributed by atoms with Crippen molar-refractivity contribution in [2.24, 2.45) is 5.73 Å². The van der Waals surface area contributed by atoms with E-state index in [1.165, 1.54) is 6.92 Å². The fourth-order valence-corrected chi connectivity index (χ4v) is 2.16. The van der Waals surface area contributed by atoms with Gasteiger partial charge in [-0.25, -0.2) is 9.59 Å². The Labute approximate surface area is 150 Å². The largest absolute Gasteiger partial charge is 0.459 e. The quantitative estimate of drug-likeness (QED) is 0.813. The maximum absolute atomic E-state index is 12.6. The van der Waals surface area contributed by atoms with E-state index in [0.717, 1.165) is 0 Å². The molecule has 0 unspecified atom stereocenters. The number of alkyl carbamates (subject to hydrolysis) is 1. The monoisotopic (exact) mass is 350 g/mol. The average molecular weight is 350 g/mol. The number of hydrogen-bond donors (Lipinski definition) is 2. The van der Waals surface area contributed by atoms with Gasteiger partial charge in [0.25, 0.3) is 0 Å². The van der Waals surface area contributed by atoms with Gasteiger partial charge in [0, 0.05) is 0 Å². The number of nitrogens with one attached hydrogen (secondary N) is 1. The van der Waals surface area contributed by atoms with Crippen LogP contribution in [0.4, 0.5) is 4.79 Å². The number of carbonyl (C=O) groups is 2. The van der Waals surface area contributed by atoms with E-state index in [-0.39, 0.29) is 0 Å². The van der Waals surface area contributed by atoms with E-state index in [2.05, 4.69) is 5.32 Å². The van der Waals surface area contributed by atoms with Crippen LogP contribution in [0, 0.1) is 0 Å². The number of esters is 1. The second-order valence-corrected chi connectivity index (χ2v) is 8.27. The maximum atomic E-state index is 12.6. The Morgan fingerprint density at radius 2 is 1.40 bits per heavy atom. The molecule has 0 aliphatic rings. The minimum atomic E-state index is -1.48. The Morgan fingerprint density at radius 1 is 0.920 bits per heavy atom. The average Bonchev–Trinajstić information content (AvgIpc) is 2.41. The van der Waals surface area contributed by atoms with E-state index >= 15 is 0 Å². The number of hydrogen-bond acceptors (Lipinski definition) is 5. The van der Waals surface area contributed by atoms with Gasteiger partial charge in [-0.3, -0.25) is 0 Å². The molecule has 0 aromatic heterocycles. The molecule has 0 aliphatic carbocycles. The molecule has 6 heteroatoms. The lowest BCUT2D eigenvalue weighted by Crippen LogP contribution is -2.58.